The van der Waals surface area contributed by atoms with Crippen LogP contribution in [0.4, 0.5) is 10.1 Å². The van der Waals surface area contributed by atoms with Gasteiger partial charge in [0.1, 0.15) is 17.3 Å². The first-order chi connectivity index (χ1) is 15.5. The zero-order chi connectivity index (χ0) is 24.3. The van der Waals surface area contributed by atoms with E-state index >= 15 is 0 Å². The Morgan fingerprint density at radius 3 is 2.55 bits per heavy atom. The van der Waals surface area contributed by atoms with Crippen LogP contribution in [0.1, 0.15) is 18.2 Å². The van der Waals surface area contributed by atoms with E-state index < -0.39 is 27.2 Å². The monoisotopic (exact) mass is 473 g/mol. The van der Waals surface area contributed by atoms with Gasteiger partial charge in [-0.1, -0.05) is 18.7 Å². The zero-order valence-electron chi connectivity index (χ0n) is 18.1. The zero-order valence-corrected chi connectivity index (χ0v) is 18.9. The number of sulfonamides is 1. The summed E-state index contributed by atoms with van der Waals surface area (Å²) in [5, 5.41) is 2.55. The second kappa shape index (κ2) is 9.41. The van der Waals surface area contributed by atoms with Gasteiger partial charge in [-0.3, -0.25) is 23.9 Å². The fourth-order valence-corrected chi connectivity index (χ4v) is 4.68. The molecule has 0 saturated heterocycles. The summed E-state index contributed by atoms with van der Waals surface area (Å²) in [4.78, 5) is 28.5. The van der Waals surface area contributed by atoms with E-state index in [0.717, 1.165) is 12.1 Å². The number of amidine groups is 1. The number of pyridine rings is 1. The molecular weight excluding hydrogens is 449 g/mol. The Labute approximate surface area is 190 Å². The minimum absolute atomic E-state index is 0.0601. The first-order valence-corrected chi connectivity index (χ1v) is 11.6. The maximum absolute atomic E-state index is 13.3. The fourth-order valence-electron chi connectivity index (χ4n) is 3.49. The number of nitrogens with two attached hydrogens (primary N) is 1. The fraction of sp³-hybridized carbons (Fsp3) is 0.227. The SMILES string of the molecule is C=C1C(CNC=O)=C(n2c(C)ccc(NS(=O)(=O)Cc3ccc(F)cc3)c2=O)C(N)=NC1C. The molecule has 1 aliphatic heterocycles. The van der Waals surface area contributed by atoms with Crippen molar-refractivity contribution in [3.05, 3.63) is 81.6 Å². The van der Waals surface area contributed by atoms with Crippen molar-refractivity contribution in [2.45, 2.75) is 25.6 Å². The normalized spacial score (nSPS) is 16.4. The molecule has 1 aliphatic rings. The van der Waals surface area contributed by atoms with Crippen molar-refractivity contribution in [3.8, 4) is 0 Å². The van der Waals surface area contributed by atoms with E-state index in [0.29, 0.717) is 28.8 Å². The molecule has 0 radical (unpaired) electrons. The topological polar surface area (TPSA) is 136 Å². The summed E-state index contributed by atoms with van der Waals surface area (Å²) >= 11 is 0. The average Bonchev–Trinajstić information content (AvgIpc) is 2.74. The number of hydrogen-bond acceptors (Lipinski definition) is 6. The van der Waals surface area contributed by atoms with Crippen molar-refractivity contribution in [1.82, 2.24) is 9.88 Å². The third-order valence-corrected chi connectivity index (χ3v) is 6.40. The second-order valence-corrected chi connectivity index (χ2v) is 9.28. The molecule has 3 rings (SSSR count). The van der Waals surface area contributed by atoms with Crippen LogP contribution in [0.3, 0.4) is 0 Å². The molecule has 4 N–H and O–H groups in total. The van der Waals surface area contributed by atoms with Crippen LogP contribution in [-0.2, 0) is 20.6 Å². The largest absolute Gasteiger partial charge is 0.382 e. The number of nitrogens with one attached hydrogen (secondary N) is 2. The number of aliphatic imine (C=N–C) groups is 1. The number of aryl methyl sites for hydroxylation is 1. The van der Waals surface area contributed by atoms with Crippen molar-refractivity contribution in [2.24, 2.45) is 10.7 Å². The molecule has 1 aromatic heterocycles. The van der Waals surface area contributed by atoms with Crippen molar-refractivity contribution in [1.29, 1.82) is 0 Å². The van der Waals surface area contributed by atoms with E-state index in [1.54, 1.807) is 19.9 Å². The van der Waals surface area contributed by atoms with Crippen LogP contribution in [0.2, 0.25) is 0 Å². The smallest absolute Gasteiger partial charge is 0.279 e. The van der Waals surface area contributed by atoms with Gasteiger partial charge in [0.2, 0.25) is 16.4 Å². The standard InChI is InChI=1S/C22H24FN5O4S/c1-13-4-9-19(27-33(31,32)11-16-5-7-17(23)8-6-16)22(30)28(13)20-18(10-25-12-29)14(2)15(3)26-21(20)24/h4-9,12,15,27H,2,10-11H2,1,3H3,(H2,24,26)(H,25,29). The highest BCUT2D eigenvalue weighted by Gasteiger charge is 2.27. The number of aromatic nitrogens is 1. The number of nitrogens with zero attached hydrogens (tertiary/aromatic N) is 2. The van der Waals surface area contributed by atoms with Crippen LogP contribution < -0.4 is 21.3 Å². The third-order valence-electron chi connectivity index (χ3n) is 5.15. The number of hydrogen-bond donors (Lipinski definition) is 3. The molecular formula is C22H24FN5O4S. The van der Waals surface area contributed by atoms with E-state index in [1.807, 2.05) is 0 Å². The van der Waals surface area contributed by atoms with E-state index in [1.165, 1.54) is 22.8 Å². The van der Waals surface area contributed by atoms with Gasteiger partial charge in [0.25, 0.3) is 5.56 Å². The molecule has 1 atom stereocenters. The number of halogens is 1. The first-order valence-electron chi connectivity index (χ1n) is 9.95. The van der Waals surface area contributed by atoms with E-state index in [2.05, 4.69) is 21.6 Å². The van der Waals surface area contributed by atoms with Crippen LogP contribution in [0.25, 0.3) is 5.70 Å². The van der Waals surface area contributed by atoms with Crippen molar-refractivity contribution >= 4 is 33.7 Å². The third kappa shape index (κ3) is 5.20. The number of rotatable bonds is 8. The lowest BCUT2D eigenvalue weighted by Gasteiger charge is -2.27. The molecule has 0 fully saturated rings. The maximum atomic E-state index is 13.3. The summed E-state index contributed by atoms with van der Waals surface area (Å²) in [6.07, 6.45) is 0.514. The number of amides is 1. The molecule has 0 saturated carbocycles. The lowest BCUT2D eigenvalue weighted by atomic mass is 9.95. The van der Waals surface area contributed by atoms with Crippen molar-refractivity contribution in [2.75, 3.05) is 11.3 Å². The van der Waals surface area contributed by atoms with E-state index in [-0.39, 0.29) is 29.8 Å². The lowest BCUT2D eigenvalue weighted by Crippen LogP contribution is -2.37. The number of dihydropyridines is 1. The molecule has 0 aliphatic carbocycles. The summed E-state index contributed by atoms with van der Waals surface area (Å²) in [6.45, 7) is 7.50. The first kappa shape index (κ1) is 23.9. The van der Waals surface area contributed by atoms with Crippen LogP contribution in [0, 0.1) is 12.7 Å². The molecule has 174 valence electrons. The quantitative estimate of drug-likeness (QED) is 0.500. The maximum Gasteiger partial charge on any atom is 0.279 e. The van der Waals surface area contributed by atoms with Crippen molar-refractivity contribution in [3.63, 3.8) is 0 Å². The Balaban J connectivity index is 2.06. The summed E-state index contributed by atoms with van der Waals surface area (Å²) < 4.78 is 42.0. The number of anilines is 1. The minimum atomic E-state index is -3.98. The highest BCUT2D eigenvalue weighted by molar-refractivity contribution is 7.91. The van der Waals surface area contributed by atoms with Crippen LogP contribution >= 0.6 is 0 Å². The van der Waals surface area contributed by atoms with Crippen molar-refractivity contribution < 1.29 is 17.6 Å². The van der Waals surface area contributed by atoms with E-state index in [4.69, 9.17) is 5.73 Å². The van der Waals surface area contributed by atoms with Gasteiger partial charge in [-0.2, -0.15) is 0 Å². The molecule has 0 spiro atoms. The summed E-state index contributed by atoms with van der Waals surface area (Å²) in [6, 6.07) is 7.58. The van der Waals surface area contributed by atoms with E-state index in [9.17, 15) is 22.4 Å². The highest BCUT2D eigenvalue weighted by Crippen LogP contribution is 2.27. The molecule has 0 bridgehead atoms. The average molecular weight is 474 g/mol. The molecule has 9 nitrogen and oxygen atoms in total. The molecule has 1 amide bonds. The Bertz CT molecular complexity index is 1330. The molecule has 11 heteroatoms. The van der Waals surface area contributed by atoms with Crippen LogP contribution in [0.5, 0.6) is 0 Å². The van der Waals surface area contributed by atoms with Gasteiger partial charge in [0, 0.05) is 17.8 Å². The summed E-state index contributed by atoms with van der Waals surface area (Å²) in [5.41, 5.74) is 7.44. The molecule has 2 aromatic rings. The molecule has 33 heavy (non-hydrogen) atoms. The van der Waals surface area contributed by atoms with Crippen LogP contribution in [-0.4, -0.2) is 37.8 Å². The Morgan fingerprint density at radius 1 is 1.24 bits per heavy atom. The van der Waals surface area contributed by atoms with Gasteiger partial charge < -0.3 is 11.1 Å². The van der Waals surface area contributed by atoms with Gasteiger partial charge in [0.05, 0.1) is 17.5 Å². The van der Waals surface area contributed by atoms with Gasteiger partial charge >= 0.3 is 0 Å². The Hall–Kier alpha value is -3.73. The summed E-state index contributed by atoms with van der Waals surface area (Å²) in [7, 11) is -3.98. The van der Waals surface area contributed by atoms with Gasteiger partial charge in [-0.05, 0) is 49.2 Å². The minimum Gasteiger partial charge on any atom is -0.382 e. The Morgan fingerprint density at radius 2 is 1.91 bits per heavy atom. The Kier molecular flexibility index (Phi) is 6.82. The molecule has 2 heterocycles. The highest BCUT2D eigenvalue weighted by atomic mass is 32.2. The lowest BCUT2D eigenvalue weighted by molar-refractivity contribution is -0.109. The van der Waals surface area contributed by atoms with Gasteiger partial charge in [-0.15, -0.1) is 0 Å². The number of carbonyl (C=O) groups is 1. The van der Waals surface area contributed by atoms with Gasteiger partial charge in [0.15, 0.2) is 0 Å². The number of carbonyl (C=O) groups excluding carboxylic acids is 1. The molecule has 1 aromatic carbocycles. The second-order valence-electron chi connectivity index (χ2n) is 7.56. The van der Waals surface area contributed by atoms with Gasteiger partial charge in [-0.25, -0.2) is 12.8 Å². The summed E-state index contributed by atoms with van der Waals surface area (Å²) in [5.74, 6) is -0.870. The van der Waals surface area contributed by atoms with Crippen LogP contribution in [0.15, 0.2) is 63.9 Å². The number of benzene rings is 1. The molecule has 1 unspecified atom stereocenters. The predicted octanol–water partition coefficient (Wildman–Crippen LogP) is 1.51. The predicted molar refractivity (Wildman–Crippen MR) is 126 cm³/mol.